The first-order valence-electron chi connectivity index (χ1n) is 4.90. The molecule has 3 nitrogen and oxygen atoms in total. The smallest absolute Gasteiger partial charge is 0.255 e. The standard InChI is InChI=1S/C11H14ClFN2O/c1-7(6-14)15(2)11(16)8-4-3-5-9(13)10(8)12/h3-5,7H,6,14H2,1-2H3/t7-/m1/s1. The molecule has 1 amide bonds. The summed E-state index contributed by atoms with van der Waals surface area (Å²) in [7, 11) is 1.61. The third-order valence-corrected chi connectivity index (χ3v) is 2.89. The molecular weight excluding hydrogens is 231 g/mol. The summed E-state index contributed by atoms with van der Waals surface area (Å²) in [6, 6.07) is 4.04. The lowest BCUT2D eigenvalue weighted by Crippen LogP contribution is -2.39. The number of halogens is 2. The second kappa shape index (κ2) is 5.27. The molecule has 2 N–H and O–H groups in total. The quantitative estimate of drug-likeness (QED) is 0.883. The van der Waals surface area contributed by atoms with Crippen LogP contribution in [0.1, 0.15) is 17.3 Å². The predicted octanol–water partition coefficient (Wildman–Crippen LogP) is 1.90. The third kappa shape index (κ3) is 2.51. The van der Waals surface area contributed by atoms with Gasteiger partial charge < -0.3 is 10.6 Å². The normalized spacial score (nSPS) is 12.3. The van der Waals surface area contributed by atoms with Crippen molar-refractivity contribution in [2.45, 2.75) is 13.0 Å². The number of amides is 1. The summed E-state index contributed by atoms with van der Waals surface area (Å²) >= 11 is 5.73. The molecule has 5 heteroatoms. The molecule has 0 aliphatic rings. The zero-order valence-corrected chi connectivity index (χ0v) is 9.96. The highest BCUT2D eigenvalue weighted by Gasteiger charge is 2.20. The van der Waals surface area contributed by atoms with Crippen molar-refractivity contribution in [3.8, 4) is 0 Å². The Morgan fingerprint density at radius 2 is 2.25 bits per heavy atom. The zero-order chi connectivity index (χ0) is 12.3. The van der Waals surface area contributed by atoms with Crippen LogP contribution in [0, 0.1) is 5.82 Å². The Hall–Kier alpha value is -1.13. The maximum absolute atomic E-state index is 13.2. The molecule has 1 aromatic carbocycles. The third-order valence-electron chi connectivity index (χ3n) is 2.50. The van der Waals surface area contributed by atoms with Crippen molar-refractivity contribution < 1.29 is 9.18 Å². The summed E-state index contributed by atoms with van der Waals surface area (Å²) in [5.74, 6) is -0.927. The molecule has 0 bridgehead atoms. The number of nitrogens with zero attached hydrogens (tertiary/aromatic N) is 1. The van der Waals surface area contributed by atoms with Gasteiger partial charge in [-0.05, 0) is 19.1 Å². The Balaban J connectivity index is 3.01. The number of rotatable bonds is 3. The molecule has 0 aliphatic carbocycles. The second-order valence-corrected chi connectivity index (χ2v) is 3.98. The van der Waals surface area contributed by atoms with Crippen molar-refractivity contribution in [2.24, 2.45) is 5.73 Å². The van der Waals surface area contributed by atoms with Gasteiger partial charge in [-0.2, -0.15) is 0 Å². The molecule has 1 rings (SSSR count). The van der Waals surface area contributed by atoms with E-state index in [1.54, 1.807) is 7.05 Å². The largest absolute Gasteiger partial charge is 0.338 e. The topological polar surface area (TPSA) is 46.3 Å². The van der Waals surface area contributed by atoms with Gasteiger partial charge in [-0.25, -0.2) is 4.39 Å². The van der Waals surface area contributed by atoms with Crippen LogP contribution in [0.15, 0.2) is 18.2 Å². The Labute approximate surface area is 99.0 Å². The second-order valence-electron chi connectivity index (χ2n) is 3.60. The van der Waals surface area contributed by atoms with Gasteiger partial charge >= 0.3 is 0 Å². The van der Waals surface area contributed by atoms with Gasteiger partial charge in [0.25, 0.3) is 5.91 Å². The Bertz CT molecular complexity index is 398. The van der Waals surface area contributed by atoms with Crippen LogP contribution in [0.25, 0.3) is 0 Å². The molecule has 88 valence electrons. The summed E-state index contributed by atoms with van der Waals surface area (Å²) < 4.78 is 13.2. The zero-order valence-electron chi connectivity index (χ0n) is 9.21. The lowest BCUT2D eigenvalue weighted by atomic mass is 10.1. The van der Waals surface area contributed by atoms with Crippen LogP contribution in [-0.2, 0) is 0 Å². The molecular formula is C11H14ClFN2O. The SMILES string of the molecule is C[C@H](CN)N(C)C(=O)c1cccc(F)c1Cl. The van der Waals surface area contributed by atoms with Crippen LogP contribution in [0.2, 0.25) is 5.02 Å². The maximum atomic E-state index is 13.2. The first-order valence-corrected chi connectivity index (χ1v) is 5.28. The van der Waals surface area contributed by atoms with Crippen molar-refractivity contribution in [3.05, 3.63) is 34.6 Å². The minimum absolute atomic E-state index is 0.119. The molecule has 0 spiro atoms. The van der Waals surface area contributed by atoms with Crippen LogP contribution < -0.4 is 5.73 Å². The fraction of sp³-hybridized carbons (Fsp3) is 0.364. The number of carbonyl (C=O) groups excluding carboxylic acids is 1. The van der Waals surface area contributed by atoms with Crippen LogP contribution in [0.3, 0.4) is 0 Å². The van der Waals surface area contributed by atoms with Gasteiger partial charge in [0, 0.05) is 19.6 Å². The number of hydrogen-bond donors (Lipinski definition) is 1. The summed E-state index contributed by atoms with van der Waals surface area (Å²) in [6.45, 7) is 2.15. The van der Waals surface area contributed by atoms with Gasteiger partial charge in [-0.1, -0.05) is 17.7 Å². The fourth-order valence-electron chi connectivity index (χ4n) is 1.22. The van der Waals surface area contributed by atoms with Gasteiger partial charge in [0.05, 0.1) is 10.6 Å². The highest BCUT2D eigenvalue weighted by atomic mass is 35.5. The van der Waals surface area contributed by atoms with E-state index in [1.807, 2.05) is 6.92 Å². The molecule has 0 unspecified atom stereocenters. The van der Waals surface area contributed by atoms with E-state index < -0.39 is 5.82 Å². The van der Waals surface area contributed by atoms with Gasteiger partial charge in [-0.3, -0.25) is 4.79 Å². The van der Waals surface area contributed by atoms with Crippen LogP contribution in [0.5, 0.6) is 0 Å². The molecule has 0 heterocycles. The van der Waals surface area contributed by atoms with Crippen LogP contribution in [0.4, 0.5) is 4.39 Å². The van der Waals surface area contributed by atoms with E-state index in [1.165, 1.54) is 23.1 Å². The minimum Gasteiger partial charge on any atom is -0.338 e. The van der Waals surface area contributed by atoms with E-state index in [4.69, 9.17) is 17.3 Å². The molecule has 1 aromatic rings. The molecule has 0 saturated carbocycles. The molecule has 0 aromatic heterocycles. The summed E-state index contributed by atoms with van der Waals surface area (Å²) in [5, 5.41) is -0.149. The molecule has 1 atom stereocenters. The molecule has 0 fully saturated rings. The summed E-state index contributed by atoms with van der Waals surface area (Å²) in [5.41, 5.74) is 5.61. The average molecular weight is 245 g/mol. The Morgan fingerprint density at radius 1 is 1.62 bits per heavy atom. The van der Waals surface area contributed by atoms with Gasteiger partial charge in [0.2, 0.25) is 0 Å². The van der Waals surface area contributed by atoms with E-state index in [9.17, 15) is 9.18 Å². The van der Waals surface area contributed by atoms with Crippen molar-refractivity contribution in [3.63, 3.8) is 0 Å². The lowest BCUT2D eigenvalue weighted by Gasteiger charge is -2.24. The monoisotopic (exact) mass is 244 g/mol. The van der Waals surface area contributed by atoms with Crippen LogP contribution >= 0.6 is 11.6 Å². The highest BCUT2D eigenvalue weighted by Crippen LogP contribution is 2.21. The van der Waals surface area contributed by atoms with E-state index in [0.29, 0.717) is 6.54 Å². The first-order chi connectivity index (χ1) is 7.49. The Kier molecular flexibility index (Phi) is 4.26. The number of benzene rings is 1. The molecule has 0 aliphatic heterocycles. The molecule has 0 saturated heterocycles. The lowest BCUT2D eigenvalue weighted by molar-refractivity contribution is 0.0748. The van der Waals surface area contributed by atoms with E-state index in [-0.39, 0.29) is 22.5 Å². The summed E-state index contributed by atoms with van der Waals surface area (Å²) in [6.07, 6.45) is 0. The van der Waals surface area contributed by atoms with E-state index in [2.05, 4.69) is 0 Å². The van der Waals surface area contributed by atoms with Gasteiger partial charge in [0.15, 0.2) is 0 Å². The Morgan fingerprint density at radius 3 is 2.81 bits per heavy atom. The van der Waals surface area contributed by atoms with Crippen molar-refractivity contribution in [1.29, 1.82) is 0 Å². The van der Waals surface area contributed by atoms with Gasteiger partial charge in [0.1, 0.15) is 5.82 Å². The minimum atomic E-state index is -0.596. The number of carbonyl (C=O) groups is 1. The number of nitrogens with two attached hydrogens (primary N) is 1. The van der Waals surface area contributed by atoms with Crippen molar-refractivity contribution in [1.82, 2.24) is 4.90 Å². The van der Waals surface area contributed by atoms with Crippen molar-refractivity contribution >= 4 is 17.5 Å². The fourth-order valence-corrected chi connectivity index (χ4v) is 1.42. The van der Waals surface area contributed by atoms with E-state index >= 15 is 0 Å². The maximum Gasteiger partial charge on any atom is 0.255 e. The van der Waals surface area contributed by atoms with Crippen molar-refractivity contribution in [2.75, 3.05) is 13.6 Å². The first kappa shape index (κ1) is 12.9. The average Bonchev–Trinajstić information content (AvgIpc) is 2.29. The van der Waals surface area contributed by atoms with Gasteiger partial charge in [-0.15, -0.1) is 0 Å². The van der Waals surface area contributed by atoms with E-state index in [0.717, 1.165) is 0 Å². The summed E-state index contributed by atoms with van der Waals surface area (Å²) in [4.78, 5) is 13.4. The molecule has 16 heavy (non-hydrogen) atoms. The molecule has 0 radical (unpaired) electrons. The number of likely N-dealkylation sites (N-methyl/N-ethyl adjacent to an activating group) is 1. The predicted molar refractivity (Wildman–Crippen MR) is 62.0 cm³/mol. The van der Waals surface area contributed by atoms with Crippen LogP contribution in [-0.4, -0.2) is 30.4 Å². The highest BCUT2D eigenvalue weighted by molar-refractivity contribution is 6.34. The number of hydrogen-bond acceptors (Lipinski definition) is 2.